The highest BCUT2D eigenvalue weighted by atomic mass is 16.6. The normalized spacial score (nSPS) is 15.2. The van der Waals surface area contributed by atoms with Gasteiger partial charge in [-0.3, -0.25) is 4.79 Å². The van der Waals surface area contributed by atoms with E-state index in [1.807, 2.05) is 0 Å². The van der Waals surface area contributed by atoms with Crippen LogP contribution in [0.3, 0.4) is 0 Å². The molecule has 3 aromatic rings. The van der Waals surface area contributed by atoms with Crippen LogP contribution in [0, 0.1) is 0 Å². The van der Waals surface area contributed by atoms with Crippen molar-refractivity contribution in [2.75, 3.05) is 27.0 Å². The summed E-state index contributed by atoms with van der Waals surface area (Å²) in [6.07, 6.45) is 7.25. The summed E-state index contributed by atoms with van der Waals surface area (Å²) < 4.78 is 16.4. The first-order valence-corrected chi connectivity index (χ1v) is 11.6. The van der Waals surface area contributed by atoms with Gasteiger partial charge in [0.2, 0.25) is 17.4 Å². The third-order valence-corrected chi connectivity index (χ3v) is 6.30. The number of nitrogen functional groups attached to an aromatic ring is 1. The summed E-state index contributed by atoms with van der Waals surface area (Å²) in [5.41, 5.74) is 9.49. The van der Waals surface area contributed by atoms with Gasteiger partial charge in [-0.05, 0) is 48.1 Å². The van der Waals surface area contributed by atoms with Crippen molar-refractivity contribution in [3.63, 3.8) is 0 Å². The third kappa shape index (κ3) is 5.22. The molecule has 2 heterocycles. The van der Waals surface area contributed by atoms with Gasteiger partial charge in [0, 0.05) is 5.56 Å². The number of benzene rings is 1. The largest absolute Gasteiger partial charge is 0.502 e. The van der Waals surface area contributed by atoms with Crippen LogP contribution < -0.4 is 25.5 Å². The summed E-state index contributed by atoms with van der Waals surface area (Å²) in [5, 5.41) is 29.7. The zero-order valence-corrected chi connectivity index (χ0v) is 20.4. The fourth-order valence-corrected chi connectivity index (χ4v) is 4.36. The molecule has 0 saturated heterocycles. The van der Waals surface area contributed by atoms with E-state index >= 15 is 0 Å². The number of hydrogen-bond acceptors (Lipinski definition) is 11. The summed E-state index contributed by atoms with van der Waals surface area (Å²) in [6.45, 7) is 0.461. The smallest absolute Gasteiger partial charge is 0.294 e. The molecule has 4 rings (SSSR count). The topological polar surface area (TPSA) is 180 Å². The molecular formula is C22H30N9O5+. The zero-order chi connectivity index (χ0) is 25.7. The average Bonchev–Trinajstić information content (AvgIpc) is 3.50. The number of nitrogens with two attached hydrogens (primary N) is 1. The van der Waals surface area contributed by atoms with Gasteiger partial charge < -0.3 is 25.2 Å². The van der Waals surface area contributed by atoms with Crippen LogP contribution in [0.5, 0.6) is 17.2 Å². The van der Waals surface area contributed by atoms with Crippen LogP contribution in [0.25, 0.3) is 5.82 Å². The molecule has 14 heteroatoms. The number of nitrogens with one attached hydrogen (secondary N) is 2. The van der Waals surface area contributed by atoms with Crippen molar-refractivity contribution < 1.29 is 28.9 Å². The summed E-state index contributed by atoms with van der Waals surface area (Å²) in [7, 11) is 4.93. The molecule has 0 spiro atoms. The number of aromatic nitrogens is 5. The van der Waals surface area contributed by atoms with Crippen LogP contribution >= 0.6 is 0 Å². The first kappa shape index (κ1) is 24.9. The Hall–Kier alpha value is -4.20. The fraction of sp³-hybridized carbons (Fsp3) is 0.455. The molecule has 1 saturated carbocycles. The monoisotopic (exact) mass is 500 g/mol. The van der Waals surface area contributed by atoms with E-state index in [2.05, 4.69) is 38.2 Å². The number of quaternary nitrogens is 1. The first-order valence-electron chi connectivity index (χ1n) is 11.6. The van der Waals surface area contributed by atoms with E-state index in [1.165, 1.54) is 49.3 Å². The van der Waals surface area contributed by atoms with Crippen LogP contribution in [0.4, 0.5) is 5.82 Å². The quantitative estimate of drug-likeness (QED) is 0.232. The number of phenolic OH excluding ortho intramolecular Hbond substituents is 1. The minimum atomic E-state index is -0.559. The maximum absolute atomic E-state index is 13.1. The van der Waals surface area contributed by atoms with E-state index in [1.54, 1.807) is 12.1 Å². The first-order chi connectivity index (χ1) is 17.4. The number of anilines is 1. The van der Waals surface area contributed by atoms with Gasteiger partial charge in [0.1, 0.15) is 12.2 Å². The Morgan fingerprint density at radius 1 is 1.28 bits per heavy atom. The molecule has 1 unspecified atom stereocenters. The molecule has 0 aliphatic heterocycles. The number of amides is 1. The van der Waals surface area contributed by atoms with Gasteiger partial charge in [0.05, 0.1) is 33.5 Å². The Balaban J connectivity index is 1.57. The summed E-state index contributed by atoms with van der Waals surface area (Å²) in [4.78, 5) is 14.3. The highest BCUT2D eigenvalue weighted by Gasteiger charge is 2.29. The molecule has 1 aromatic carbocycles. The lowest BCUT2D eigenvalue weighted by molar-refractivity contribution is -0.921. The number of methoxy groups -OCH3 is 2. The maximum atomic E-state index is 13.1. The number of hydrazone groups is 1. The van der Waals surface area contributed by atoms with Crippen molar-refractivity contribution in [3.8, 4) is 23.1 Å². The Morgan fingerprint density at radius 2 is 1.97 bits per heavy atom. The number of nitrogens with zero attached hydrogens (tertiary/aromatic N) is 6. The Kier molecular flexibility index (Phi) is 7.63. The molecule has 1 amide bonds. The molecule has 192 valence electrons. The van der Waals surface area contributed by atoms with Gasteiger partial charge >= 0.3 is 0 Å². The minimum absolute atomic E-state index is 0.0386. The number of rotatable bonds is 9. The van der Waals surface area contributed by atoms with E-state index in [0.717, 1.165) is 12.8 Å². The molecule has 14 nitrogen and oxygen atoms in total. The molecule has 36 heavy (non-hydrogen) atoms. The number of ether oxygens (including phenoxy) is 2. The van der Waals surface area contributed by atoms with E-state index in [4.69, 9.17) is 19.8 Å². The lowest BCUT2D eigenvalue weighted by Crippen LogP contribution is -3.11. The number of phenols is 1. The molecule has 2 aromatic heterocycles. The lowest BCUT2D eigenvalue weighted by Gasteiger charge is -2.28. The number of aromatic hydroxyl groups is 1. The second kappa shape index (κ2) is 11.0. The van der Waals surface area contributed by atoms with E-state index in [0.29, 0.717) is 23.8 Å². The molecule has 1 aliphatic rings. The Bertz CT molecular complexity index is 1210. The maximum Gasteiger partial charge on any atom is 0.294 e. The number of hydrogen-bond donors (Lipinski definition) is 4. The average molecular weight is 501 g/mol. The van der Waals surface area contributed by atoms with Crippen molar-refractivity contribution in [2.45, 2.75) is 44.7 Å². The molecular weight excluding hydrogens is 470 g/mol. The standard InChI is InChI=1S/C22H29N9O5/c1-30(14-7-5-4-6-8-14)12-15-18(25-29-31(15)21-20(23)27-36-28-21)22(33)26-24-11-13-9-16(34-2)19(32)17(10-13)35-3/h9-11,14,32H,4-8,12H2,1-3H3,(H2,23,27)(H,26,33)/p+1/b24-11+. The minimum Gasteiger partial charge on any atom is -0.502 e. The van der Waals surface area contributed by atoms with Gasteiger partial charge in [-0.2, -0.15) is 9.78 Å². The predicted octanol–water partition coefficient (Wildman–Crippen LogP) is 0.0666. The summed E-state index contributed by atoms with van der Waals surface area (Å²) in [5.74, 6) is -0.0680. The van der Waals surface area contributed by atoms with Crippen LogP contribution in [0.1, 0.15) is 53.8 Å². The van der Waals surface area contributed by atoms with Gasteiger partial charge in [0.15, 0.2) is 17.2 Å². The van der Waals surface area contributed by atoms with Crippen molar-refractivity contribution >= 4 is 17.9 Å². The molecule has 5 N–H and O–H groups in total. The van der Waals surface area contributed by atoms with Crippen molar-refractivity contribution in [1.82, 2.24) is 30.7 Å². The third-order valence-electron chi connectivity index (χ3n) is 6.30. The SMILES string of the molecule is COc1cc(/C=N/NC(=O)c2nnn(-c3nonc3N)c2C[NH+](C)C2CCCCC2)cc(OC)c1O. The van der Waals surface area contributed by atoms with Crippen molar-refractivity contribution in [3.05, 3.63) is 29.1 Å². The highest BCUT2D eigenvalue weighted by molar-refractivity contribution is 5.94. The summed E-state index contributed by atoms with van der Waals surface area (Å²) in [6, 6.07) is 3.57. The van der Waals surface area contributed by atoms with Gasteiger partial charge in [0.25, 0.3) is 5.91 Å². The van der Waals surface area contributed by atoms with Crippen LogP contribution in [0.15, 0.2) is 21.9 Å². The highest BCUT2D eigenvalue weighted by Crippen LogP contribution is 2.36. The van der Waals surface area contributed by atoms with Crippen LogP contribution in [-0.4, -0.2) is 69.8 Å². The molecule has 0 bridgehead atoms. The van der Waals surface area contributed by atoms with Gasteiger partial charge in [-0.25, -0.2) is 10.1 Å². The van der Waals surface area contributed by atoms with Gasteiger partial charge in [-0.1, -0.05) is 11.6 Å². The van der Waals surface area contributed by atoms with Crippen molar-refractivity contribution in [1.29, 1.82) is 0 Å². The zero-order valence-electron chi connectivity index (χ0n) is 20.4. The molecule has 1 fully saturated rings. The van der Waals surface area contributed by atoms with Crippen LogP contribution in [-0.2, 0) is 6.54 Å². The van der Waals surface area contributed by atoms with Gasteiger partial charge in [-0.15, -0.1) is 5.10 Å². The number of carbonyl (C=O) groups is 1. The van der Waals surface area contributed by atoms with E-state index in [-0.39, 0.29) is 34.6 Å². The predicted molar refractivity (Wildman–Crippen MR) is 127 cm³/mol. The Morgan fingerprint density at radius 3 is 2.58 bits per heavy atom. The molecule has 0 radical (unpaired) electrons. The Labute approximate surface area is 207 Å². The van der Waals surface area contributed by atoms with E-state index in [9.17, 15) is 9.90 Å². The fourth-order valence-electron chi connectivity index (χ4n) is 4.36. The summed E-state index contributed by atoms with van der Waals surface area (Å²) >= 11 is 0. The lowest BCUT2D eigenvalue weighted by atomic mass is 9.94. The second-order valence-electron chi connectivity index (χ2n) is 8.60. The molecule has 1 atom stereocenters. The second-order valence-corrected chi connectivity index (χ2v) is 8.60. The molecule has 1 aliphatic carbocycles. The van der Waals surface area contributed by atoms with E-state index < -0.39 is 5.91 Å². The van der Waals surface area contributed by atoms with Crippen LogP contribution in [0.2, 0.25) is 0 Å². The van der Waals surface area contributed by atoms with Crippen molar-refractivity contribution in [2.24, 2.45) is 5.10 Å². The number of carbonyl (C=O) groups excluding carboxylic acids is 1.